The maximum absolute atomic E-state index is 2.75. The van der Waals surface area contributed by atoms with Crippen molar-refractivity contribution < 1.29 is 0 Å². The number of thiophene rings is 1. The molecule has 0 fully saturated rings. The van der Waals surface area contributed by atoms with Crippen LogP contribution in [0.25, 0.3) is 21.2 Å². The number of rotatable bonds is 3. The van der Waals surface area contributed by atoms with E-state index < -0.39 is 0 Å². The molecule has 2 nitrogen and oxygen atoms in total. The van der Waals surface area contributed by atoms with Crippen LogP contribution in [0.15, 0.2) is 97.1 Å². The summed E-state index contributed by atoms with van der Waals surface area (Å²) < 4.78 is 1.41. The molecule has 2 aliphatic heterocycles. The monoisotopic (exact) mass is 1010 g/mol. The highest BCUT2D eigenvalue weighted by atomic mass is 32.1. The van der Waals surface area contributed by atoms with Gasteiger partial charge in [-0.3, -0.25) is 0 Å². The molecule has 0 saturated heterocycles. The minimum Gasteiger partial charge on any atom is -0.311 e. The van der Waals surface area contributed by atoms with Crippen molar-refractivity contribution in [2.24, 2.45) is 0 Å². The zero-order valence-electron chi connectivity index (χ0n) is 49.4. The van der Waals surface area contributed by atoms with Gasteiger partial charge in [-0.25, -0.2) is 0 Å². The van der Waals surface area contributed by atoms with Crippen molar-refractivity contribution in [1.29, 1.82) is 0 Å². The third-order valence-corrected chi connectivity index (χ3v) is 21.2. The van der Waals surface area contributed by atoms with Crippen LogP contribution in [-0.2, 0) is 43.3 Å². The Kier molecular flexibility index (Phi) is 10.8. The van der Waals surface area contributed by atoms with Gasteiger partial charge in [0.25, 0.3) is 6.71 Å². The Balaban J connectivity index is 1.22. The number of fused-ring (bicyclic) bond motifs is 9. The molecule has 0 saturated carbocycles. The molecular weight excluding hydrogens is 924 g/mol. The van der Waals surface area contributed by atoms with E-state index in [4.69, 9.17) is 0 Å². The van der Waals surface area contributed by atoms with E-state index in [1.807, 2.05) is 11.3 Å². The van der Waals surface area contributed by atoms with Gasteiger partial charge in [0.05, 0.1) is 10.7 Å². The van der Waals surface area contributed by atoms with Crippen molar-refractivity contribution in [1.82, 2.24) is 0 Å². The van der Waals surface area contributed by atoms with Crippen LogP contribution in [0.5, 0.6) is 0 Å². The quantitative estimate of drug-likeness (QED) is 0.163. The van der Waals surface area contributed by atoms with Crippen LogP contribution < -0.4 is 26.2 Å². The molecule has 75 heavy (non-hydrogen) atoms. The zero-order valence-corrected chi connectivity index (χ0v) is 50.2. The Labute approximate surface area is 456 Å². The van der Waals surface area contributed by atoms with Crippen LogP contribution in [0, 0.1) is 6.92 Å². The molecule has 0 atom stereocenters. The molecular formula is C71H85BN2S. The van der Waals surface area contributed by atoms with Crippen LogP contribution in [0.1, 0.15) is 213 Å². The lowest BCUT2D eigenvalue weighted by molar-refractivity contribution is 0.332. The SMILES string of the molecule is Cc1cc2c3c(c1)N(c1ccc4c(c1)C(C)(C)CCC4(C)C)c1sc4cc5c(cc4c1B3c1cc(C(C)(C)C)ccc1N2c1cc2c(cc1-c1ccc(C(C)(C)C)cc1)C(C)(C)CCC2(C)C)C(C)(C)CCC5(C)C. The lowest BCUT2D eigenvalue weighted by Crippen LogP contribution is -2.61. The number of benzene rings is 6. The molecule has 12 rings (SSSR count). The Morgan fingerprint density at radius 2 is 0.907 bits per heavy atom. The Morgan fingerprint density at radius 3 is 1.47 bits per heavy atom. The average Bonchev–Trinajstić information content (AvgIpc) is 3.75. The van der Waals surface area contributed by atoms with Crippen molar-refractivity contribution in [3.05, 3.63) is 147 Å². The predicted octanol–water partition coefficient (Wildman–Crippen LogP) is 18.6. The molecule has 0 amide bonds. The first-order valence-corrected chi connectivity index (χ1v) is 29.6. The molecule has 0 spiro atoms. The first-order valence-electron chi connectivity index (χ1n) is 28.7. The number of hydrogen-bond donors (Lipinski definition) is 0. The molecule has 6 aromatic carbocycles. The van der Waals surface area contributed by atoms with Gasteiger partial charge in [0.1, 0.15) is 0 Å². The predicted molar refractivity (Wildman–Crippen MR) is 329 cm³/mol. The van der Waals surface area contributed by atoms with Crippen molar-refractivity contribution >= 4 is 78.0 Å². The molecule has 0 N–H and O–H groups in total. The minimum atomic E-state index is -0.0454. The fourth-order valence-electron chi connectivity index (χ4n) is 14.6. The number of nitrogens with zero attached hydrogens (tertiary/aromatic N) is 2. The molecule has 0 unspecified atom stereocenters. The maximum Gasteiger partial charge on any atom is 0.254 e. The largest absolute Gasteiger partial charge is 0.311 e. The minimum absolute atomic E-state index is 0.0229. The summed E-state index contributed by atoms with van der Waals surface area (Å²) in [7, 11) is 0. The Morgan fingerprint density at radius 1 is 0.427 bits per heavy atom. The van der Waals surface area contributed by atoms with E-state index in [0.717, 1.165) is 6.42 Å². The van der Waals surface area contributed by atoms with Crippen LogP contribution in [0.3, 0.4) is 0 Å². The first-order chi connectivity index (χ1) is 34.8. The third-order valence-electron chi connectivity index (χ3n) is 20.0. The standard InChI is InChI=1S/C71H85BN2S/c1-42-34-58-62-59(35-42)74(57-40-53-51(68(12,13)30-32-70(53,16)17)38-47(57)43-20-22-44(23-21-43)64(2,3)4)56-27-24-45(65(5,6)7)36-55(56)72(62)61-48-39-52-54(71(18,19)33-31-69(52,14)15)41-60(48)75-63(61)73(58)46-25-26-49-50(37-46)67(10,11)29-28-66(49,8)9/h20-27,34-41H,28-33H2,1-19H3. The molecule has 7 aromatic rings. The van der Waals surface area contributed by atoms with Crippen LogP contribution in [0.2, 0.25) is 0 Å². The molecule has 1 aromatic heterocycles. The second-order valence-electron chi connectivity index (χ2n) is 30.3. The maximum atomic E-state index is 2.75. The second-order valence-corrected chi connectivity index (χ2v) is 31.4. The summed E-state index contributed by atoms with van der Waals surface area (Å²) in [5, 5.41) is 2.81. The highest BCUT2D eigenvalue weighted by Crippen LogP contribution is 2.56. The summed E-state index contributed by atoms with van der Waals surface area (Å²) in [6, 6.07) is 40.6. The van der Waals surface area contributed by atoms with Gasteiger partial charge in [-0.2, -0.15) is 0 Å². The topological polar surface area (TPSA) is 6.48 Å². The lowest BCUT2D eigenvalue weighted by atomic mass is 9.33. The number of anilines is 6. The van der Waals surface area contributed by atoms with Gasteiger partial charge in [0.15, 0.2) is 0 Å². The molecule has 3 aliphatic carbocycles. The average molecular weight is 1010 g/mol. The van der Waals surface area contributed by atoms with Gasteiger partial charge in [-0.05, 0) is 221 Å². The van der Waals surface area contributed by atoms with E-state index in [1.54, 1.807) is 0 Å². The Hall–Kier alpha value is -5.06. The normalized spacial score (nSPS) is 20.2. The molecule has 3 heterocycles. The molecule has 4 heteroatoms. The fourth-order valence-corrected chi connectivity index (χ4v) is 15.9. The highest BCUT2D eigenvalue weighted by molar-refractivity contribution is 7.26. The lowest BCUT2D eigenvalue weighted by Gasteiger charge is -2.46. The fraction of sp³-hybridized carbons (Fsp3) is 0.465. The van der Waals surface area contributed by atoms with Crippen LogP contribution in [0.4, 0.5) is 33.4 Å². The molecule has 0 radical (unpaired) electrons. The summed E-state index contributed by atoms with van der Waals surface area (Å²) in [6.45, 7) is 46.4. The van der Waals surface area contributed by atoms with Crippen molar-refractivity contribution in [2.45, 2.75) is 213 Å². The van der Waals surface area contributed by atoms with Crippen molar-refractivity contribution in [3.8, 4) is 11.1 Å². The smallest absolute Gasteiger partial charge is 0.254 e. The van der Waals surface area contributed by atoms with Crippen LogP contribution >= 0.6 is 11.3 Å². The van der Waals surface area contributed by atoms with Gasteiger partial charge in [0, 0.05) is 33.0 Å². The van der Waals surface area contributed by atoms with E-state index >= 15 is 0 Å². The van der Waals surface area contributed by atoms with E-state index in [0.29, 0.717) is 0 Å². The van der Waals surface area contributed by atoms with Crippen molar-refractivity contribution in [3.63, 3.8) is 0 Å². The first kappa shape index (κ1) is 50.7. The summed E-state index contributed by atoms with van der Waals surface area (Å²) in [6.07, 6.45) is 7.11. The summed E-state index contributed by atoms with van der Waals surface area (Å²) >= 11 is 2.04. The number of hydrogen-bond acceptors (Lipinski definition) is 3. The third kappa shape index (κ3) is 7.73. The van der Waals surface area contributed by atoms with Gasteiger partial charge in [0.2, 0.25) is 0 Å². The van der Waals surface area contributed by atoms with E-state index in [9.17, 15) is 0 Å². The van der Waals surface area contributed by atoms with Gasteiger partial charge in [-0.1, -0.05) is 167 Å². The van der Waals surface area contributed by atoms with E-state index in [2.05, 4.69) is 238 Å². The van der Waals surface area contributed by atoms with E-state index in [-0.39, 0.29) is 50.0 Å². The van der Waals surface area contributed by atoms with Crippen LogP contribution in [-0.4, -0.2) is 6.71 Å². The molecule has 0 bridgehead atoms. The summed E-state index contributed by atoms with van der Waals surface area (Å²) in [5.74, 6) is 0. The van der Waals surface area contributed by atoms with Gasteiger partial charge in [-0.15, -0.1) is 11.3 Å². The summed E-state index contributed by atoms with van der Waals surface area (Å²) in [4.78, 5) is 5.50. The molecule has 388 valence electrons. The van der Waals surface area contributed by atoms with Gasteiger partial charge < -0.3 is 9.80 Å². The Bertz CT molecular complexity index is 3540. The highest BCUT2D eigenvalue weighted by Gasteiger charge is 2.49. The van der Waals surface area contributed by atoms with Crippen molar-refractivity contribution in [2.75, 3.05) is 9.80 Å². The second kappa shape index (κ2) is 16.0. The zero-order chi connectivity index (χ0) is 53.7. The number of aryl methyl sites for hydroxylation is 1. The summed E-state index contributed by atoms with van der Waals surface area (Å²) in [5.41, 5.74) is 27.0. The molecule has 5 aliphatic rings. The van der Waals surface area contributed by atoms with Gasteiger partial charge >= 0.3 is 0 Å². The van der Waals surface area contributed by atoms with E-state index in [1.165, 1.54) is 153 Å².